The van der Waals surface area contributed by atoms with Crippen molar-refractivity contribution >= 4 is 10.0 Å². The summed E-state index contributed by atoms with van der Waals surface area (Å²) in [7, 11) is -0.757. The Morgan fingerprint density at radius 2 is 1.84 bits per heavy atom. The van der Waals surface area contributed by atoms with E-state index in [0.717, 1.165) is 17.5 Å². The van der Waals surface area contributed by atoms with Gasteiger partial charge in [-0.15, -0.1) is 0 Å². The first kappa shape index (κ1) is 23.1. The number of nitrogens with zero attached hydrogens (tertiary/aromatic N) is 4. The van der Waals surface area contributed by atoms with Crippen LogP contribution < -0.4 is 0 Å². The van der Waals surface area contributed by atoms with Gasteiger partial charge in [-0.1, -0.05) is 0 Å². The Morgan fingerprint density at radius 1 is 1.10 bits per heavy atom. The molecule has 3 rings (SSSR count). The van der Waals surface area contributed by atoms with Crippen molar-refractivity contribution in [1.29, 1.82) is 0 Å². The molecule has 0 saturated carbocycles. The third kappa shape index (κ3) is 5.98. The molecule has 0 bridgehead atoms. The van der Waals surface area contributed by atoms with E-state index < -0.39 is 21.9 Å². The van der Waals surface area contributed by atoms with E-state index >= 15 is 0 Å². The lowest BCUT2D eigenvalue weighted by molar-refractivity contribution is -0.141. The maximum absolute atomic E-state index is 13.2. The number of aromatic nitrogens is 4. The number of rotatable bonds is 7. The Labute approximate surface area is 180 Å². The first-order chi connectivity index (χ1) is 14.4. The van der Waals surface area contributed by atoms with Crippen LogP contribution in [0.4, 0.5) is 13.2 Å². The van der Waals surface area contributed by atoms with E-state index in [9.17, 15) is 18.3 Å². The van der Waals surface area contributed by atoms with Gasteiger partial charge in [-0.2, -0.15) is 13.2 Å². The lowest BCUT2D eigenvalue weighted by atomic mass is 10.1. The van der Waals surface area contributed by atoms with Crippen molar-refractivity contribution in [2.45, 2.75) is 19.8 Å². The van der Waals surface area contributed by atoms with Crippen LogP contribution in [-0.4, -0.2) is 55.8 Å². The molecule has 0 fully saturated rings. The lowest BCUT2D eigenvalue weighted by Gasteiger charge is -2.24. The number of pyridine rings is 2. The molecule has 1 N–H and O–H groups in total. The van der Waals surface area contributed by atoms with Gasteiger partial charge in [-0.3, -0.25) is 4.98 Å². The summed E-state index contributed by atoms with van der Waals surface area (Å²) in [6.07, 6.45) is 4.33. The molecule has 3 heterocycles. The smallest absolute Gasteiger partial charge is 0.434 e. The number of hydrogen-bond donors (Lipinski definition) is 1. The van der Waals surface area contributed by atoms with Gasteiger partial charge in [-0.05, 0) is 43.9 Å². The molecule has 3 aromatic rings. The molecule has 0 aliphatic heterocycles. The highest BCUT2D eigenvalue weighted by Crippen LogP contribution is 2.34. The summed E-state index contributed by atoms with van der Waals surface area (Å²) in [6.45, 7) is 2.17. The SMILES string of the molecule is Cc1nc(O)ccc1-c1ccc(-c2nc(C(F)(F)F)cn2COCCS(C)(C)C)cn1. The third-order valence-electron chi connectivity index (χ3n) is 4.51. The van der Waals surface area contributed by atoms with Gasteiger partial charge in [0.2, 0.25) is 5.88 Å². The highest BCUT2D eigenvalue weighted by molar-refractivity contribution is 8.32. The van der Waals surface area contributed by atoms with E-state index in [-0.39, 0.29) is 18.4 Å². The summed E-state index contributed by atoms with van der Waals surface area (Å²) in [5.74, 6) is 0.905. The Balaban J connectivity index is 1.87. The molecule has 10 heteroatoms. The third-order valence-corrected chi connectivity index (χ3v) is 5.90. The summed E-state index contributed by atoms with van der Waals surface area (Å²) in [6, 6.07) is 6.49. The Hall–Kier alpha value is -2.59. The fraction of sp³-hybridized carbons (Fsp3) is 0.381. The summed E-state index contributed by atoms with van der Waals surface area (Å²) in [5, 5.41) is 9.46. The summed E-state index contributed by atoms with van der Waals surface area (Å²) in [4.78, 5) is 12.1. The maximum Gasteiger partial charge on any atom is 0.434 e. The van der Waals surface area contributed by atoms with Crippen LogP contribution in [0.25, 0.3) is 22.6 Å². The topological polar surface area (TPSA) is 73.1 Å². The van der Waals surface area contributed by atoms with Gasteiger partial charge in [0, 0.05) is 35.3 Å². The number of hydrogen-bond acceptors (Lipinski definition) is 5. The van der Waals surface area contributed by atoms with Crippen LogP contribution in [0.5, 0.6) is 5.88 Å². The second kappa shape index (κ2) is 8.88. The largest absolute Gasteiger partial charge is 0.493 e. The molecule has 0 unspecified atom stereocenters. The minimum Gasteiger partial charge on any atom is -0.493 e. The van der Waals surface area contributed by atoms with E-state index in [2.05, 4.69) is 33.7 Å². The molecule has 0 aliphatic carbocycles. The predicted molar refractivity (Wildman–Crippen MR) is 116 cm³/mol. The number of ether oxygens (including phenoxy) is 1. The summed E-state index contributed by atoms with van der Waals surface area (Å²) >= 11 is 0. The van der Waals surface area contributed by atoms with Crippen LogP contribution in [-0.2, 0) is 17.6 Å². The van der Waals surface area contributed by atoms with Gasteiger partial charge < -0.3 is 14.4 Å². The number of halogens is 3. The lowest BCUT2D eigenvalue weighted by Crippen LogP contribution is -2.10. The zero-order chi connectivity index (χ0) is 22.8. The van der Waals surface area contributed by atoms with Crippen molar-refractivity contribution in [1.82, 2.24) is 19.5 Å². The molecule has 6 nitrogen and oxygen atoms in total. The summed E-state index contributed by atoms with van der Waals surface area (Å²) < 4.78 is 46.7. The van der Waals surface area contributed by atoms with Crippen molar-refractivity contribution in [2.24, 2.45) is 0 Å². The molecule has 31 heavy (non-hydrogen) atoms. The standard InChI is InChI=1S/C21H25F3N4O2S/c1-14-16(6-8-19(29)26-14)17-7-5-15(11-25-17)20-27-18(21(22,23)24)12-28(20)13-30-9-10-31(2,3)4/h5-8,11-12H,9-10,13H2,1-4H3,(H,26,29). The minimum atomic E-state index is -4.56. The molecule has 0 atom stereocenters. The monoisotopic (exact) mass is 454 g/mol. The number of aryl methyl sites for hydroxylation is 1. The van der Waals surface area contributed by atoms with Crippen LogP contribution in [0.1, 0.15) is 11.4 Å². The minimum absolute atomic E-state index is 0.0311. The Morgan fingerprint density at radius 3 is 2.42 bits per heavy atom. The van der Waals surface area contributed by atoms with E-state index in [0.29, 0.717) is 23.6 Å². The average Bonchev–Trinajstić information content (AvgIpc) is 3.09. The molecule has 0 aromatic carbocycles. The highest BCUT2D eigenvalue weighted by Gasteiger charge is 2.35. The van der Waals surface area contributed by atoms with Gasteiger partial charge >= 0.3 is 6.18 Å². The van der Waals surface area contributed by atoms with Crippen LogP contribution in [0.2, 0.25) is 0 Å². The molecule has 3 aromatic heterocycles. The molecular formula is C21H25F3N4O2S. The van der Waals surface area contributed by atoms with Crippen molar-refractivity contribution in [3.05, 3.63) is 48.0 Å². The van der Waals surface area contributed by atoms with Crippen LogP contribution in [0, 0.1) is 6.92 Å². The van der Waals surface area contributed by atoms with Crippen molar-refractivity contribution in [3.8, 4) is 28.5 Å². The van der Waals surface area contributed by atoms with Gasteiger partial charge in [0.1, 0.15) is 12.6 Å². The highest BCUT2D eigenvalue weighted by atomic mass is 32.3. The van der Waals surface area contributed by atoms with E-state index in [1.54, 1.807) is 25.1 Å². The molecule has 0 saturated heterocycles. The normalized spacial score (nSPS) is 12.9. The van der Waals surface area contributed by atoms with Crippen LogP contribution in [0.3, 0.4) is 0 Å². The average molecular weight is 455 g/mol. The second-order valence-corrected chi connectivity index (χ2v) is 12.6. The fourth-order valence-corrected chi connectivity index (χ4v) is 3.47. The van der Waals surface area contributed by atoms with Crippen LogP contribution in [0.15, 0.2) is 36.7 Å². The molecule has 0 aliphatic rings. The van der Waals surface area contributed by atoms with Gasteiger partial charge in [-0.25, -0.2) is 20.0 Å². The molecular weight excluding hydrogens is 429 g/mol. The first-order valence-electron chi connectivity index (χ1n) is 9.45. The zero-order valence-corrected chi connectivity index (χ0v) is 18.6. The molecule has 0 radical (unpaired) electrons. The number of alkyl halides is 3. The van der Waals surface area contributed by atoms with Crippen molar-refractivity contribution < 1.29 is 23.0 Å². The van der Waals surface area contributed by atoms with E-state index in [1.807, 2.05) is 0 Å². The van der Waals surface area contributed by atoms with E-state index in [4.69, 9.17) is 4.74 Å². The second-order valence-electron chi connectivity index (χ2n) is 7.98. The predicted octanol–water partition coefficient (Wildman–Crippen LogP) is 4.71. The number of imidazole rings is 1. The van der Waals surface area contributed by atoms with Crippen LogP contribution >= 0.6 is 10.0 Å². The maximum atomic E-state index is 13.2. The molecule has 168 valence electrons. The van der Waals surface area contributed by atoms with E-state index in [1.165, 1.54) is 16.8 Å². The first-order valence-corrected chi connectivity index (χ1v) is 12.5. The fourth-order valence-electron chi connectivity index (χ4n) is 2.86. The van der Waals surface area contributed by atoms with Crippen molar-refractivity contribution in [3.63, 3.8) is 0 Å². The number of aromatic hydroxyl groups is 1. The quantitative estimate of drug-likeness (QED) is 0.524. The van der Waals surface area contributed by atoms with Crippen molar-refractivity contribution in [2.75, 3.05) is 31.1 Å². The Kier molecular flexibility index (Phi) is 6.61. The van der Waals surface area contributed by atoms with Gasteiger partial charge in [0.15, 0.2) is 5.69 Å². The van der Waals surface area contributed by atoms with Gasteiger partial charge in [0.05, 0.1) is 18.0 Å². The molecule has 0 amide bonds. The molecule has 0 spiro atoms. The zero-order valence-electron chi connectivity index (χ0n) is 17.8. The summed E-state index contributed by atoms with van der Waals surface area (Å²) in [5.41, 5.74) is 1.36. The Bertz CT molecular complexity index is 1040. The van der Waals surface area contributed by atoms with Gasteiger partial charge in [0.25, 0.3) is 0 Å².